The lowest BCUT2D eigenvalue weighted by molar-refractivity contribution is 0.871. The Kier molecular flexibility index (Phi) is 3.59. The SMILES string of the molecule is Cc1ccc(C(C)Nc2ccnc(Cl)n2)cc1. The van der Waals surface area contributed by atoms with Gasteiger partial charge in [0.1, 0.15) is 5.82 Å². The molecule has 0 spiro atoms. The van der Waals surface area contributed by atoms with Crippen molar-refractivity contribution in [2.75, 3.05) is 5.32 Å². The monoisotopic (exact) mass is 247 g/mol. The van der Waals surface area contributed by atoms with Crippen molar-refractivity contribution in [3.63, 3.8) is 0 Å². The highest BCUT2D eigenvalue weighted by Gasteiger charge is 2.05. The molecular weight excluding hydrogens is 234 g/mol. The number of nitrogens with one attached hydrogen (secondary N) is 1. The third-order valence-electron chi connectivity index (χ3n) is 2.57. The van der Waals surface area contributed by atoms with Crippen molar-refractivity contribution in [1.29, 1.82) is 0 Å². The Labute approximate surface area is 106 Å². The highest BCUT2D eigenvalue weighted by atomic mass is 35.5. The molecule has 1 N–H and O–H groups in total. The third-order valence-corrected chi connectivity index (χ3v) is 2.75. The minimum Gasteiger partial charge on any atom is -0.363 e. The second-order valence-electron chi connectivity index (χ2n) is 3.99. The quantitative estimate of drug-likeness (QED) is 0.842. The van der Waals surface area contributed by atoms with Crippen molar-refractivity contribution in [1.82, 2.24) is 9.97 Å². The van der Waals surface area contributed by atoms with Crippen molar-refractivity contribution in [3.8, 4) is 0 Å². The fourth-order valence-corrected chi connectivity index (χ4v) is 1.72. The van der Waals surface area contributed by atoms with Crippen LogP contribution in [0.3, 0.4) is 0 Å². The fraction of sp³-hybridized carbons (Fsp3) is 0.231. The largest absolute Gasteiger partial charge is 0.363 e. The summed E-state index contributed by atoms with van der Waals surface area (Å²) in [7, 11) is 0. The molecule has 1 heterocycles. The molecule has 1 aromatic heterocycles. The molecule has 88 valence electrons. The molecule has 0 bridgehead atoms. The normalized spacial score (nSPS) is 12.2. The summed E-state index contributed by atoms with van der Waals surface area (Å²) in [6, 6.07) is 10.4. The van der Waals surface area contributed by atoms with Gasteiger partial charge in [-0.25, -0.2) is 9.97 Å². The number of rotatable bonds is 3. The molecule has 0 aliphatic rings. The van der Waals surface area contributed by atoms with E-state index in [4.69, 9.17) is 11.6 Å². The van der Waals surface area contributed by atoms with Gasteiger partial charge in [-0.2, -0.15) is 0 Å². The molecular formula is C13H14ClN3. The van der Waals surface area contributed by atoms with E-state index in [1.807, 2.05) is 0 Å². The number of halogens is 1. The van der Waals surface area contributed by atoms with Crippen LogP contribution >= 0.6 is 11.6 Å². The van der Waals surface area contributed by atoms with Gasteiger partial charge in [-0.1, -0.05) is 29.8 Å². The van der Waals surface area contributed by atoms with E-state index in [1.54, 1.807) is 12.3 Å². The van der Waals surface area contributed by atoms with Crippen LogP contribution in [-0.4, -0.2) is 9.97 Å². The fourth-order valence-electron chi connectivity index (χ4n) is 1.58. The summed E-state index contributed by atoms with van der Waals surface area (Å²) >= 11 is 5.73. The second kappa shape index (κ2) is 5.15. The van der Waals surface area contributed by atoms with Gasteiger partial charge < -0.3 is 5.32 Å². The molecule has 1 unspecified atom stereocenters. The van der Waals surface area contributed by atoms with Gasteiger partial charge in [-0.05, 0) is 37.1 Å². The Balaban J connectivity index is 2.11. The van der Waals surface area contributed by atoms with Crippen LogP contribution in [0, 0.1) is 6.92 Å². The Morgan fingerprint density at radius 1 is 1.18 bits per heavy atom. The van der Waals surface area contributed by atoms with Crippen LogP contribution in [0.1, 0.15) is 24.1 Å². The van der Waals surface area contributed by atoms with Crippen molar-refractivity contribution >= 4 is 17.4 Å². The van der Waals surface area contributed by atoms with Gasteiger partial charge in [-0.3, -0.25) is 0 Å². The summed E-state index contributed by atoms with van der Waals surface area (Å²) in [6.07, 6.45) is 1.64. The predicted octanol–water partition coefficient (Wildman–Crippen LogP) is 3.61. The minimum absolute atomic E-state index is 0.182. The van der Waals surface area contributed by atoms with Crippen LogP contribution in [0.2, 0.25) is 5.28 Å². The van der Waals surface area contributed by atoms with Crippen molar-refractivity contribution < 1.29 is 0 Å². The van der Waals surface area contributed by atoms with Gasteiger partial charge in [0, 0.05) is 12.2 Å². The maximum Gasteiger partial charge on any atom is 0.224 e. The van der Waals surface area contributed by atoms with Gasteiger partial charge in [0.05, 0.1) is 0 Å². The maximum atomic E-state index is 5.73. The van der Waals surface area contributed by atoms with Crippen LogP contribution in [0.4, 0.5) is 5.82 Å². The first-order valence-electron chi connectivity index (χ1n) is 5.47. The van der Waals surface area contributed by atoms with Crippen LogP contribution < -0.4 is 5.32 Å². The summed E-state index contributed by atoms with van der Waals surface area (Å²) in [5, 5.41) is 3.54. The van der Waals surface area contributed by atoms with E-state index in [1.165, 1.54) is 11.1 Å². The molecule has 3 nitrogen and oxygen atoms in total. The summed E-state index contributed by atoms with van der Waals surface area (Å²) in [5.41, 5.74) is 2.47. The Bertz CT molecular complexity index is 496. The average Bonchev–Trinajstić information content (AvgIpc) is 2.29. The third kappa shape index (κ3) is 3.17. The number of aryl methyl sites for hydroxylation is 1. The molecule has 2 aromatic rings. The summed E-state index contributed by atoms with van der Waals surface area (Å²) in [4.78, 5) is 7.95. The number of benzene rings is 1. The van der Waals surface area contributed by atoms with E-state index in [0.29, 0.717) is 0 Å². The summed E-state index contributed by atoms with van der Waals surface area (Å²) in [5.74, 6) is 0.734. The van der Waals surface area contributed by atoms with Crippen molar-refractivity contribution in [3.05, 3.63) is 52.9 Å². The molecule has 1 atom stereocenters. The van der Waals surface area contributed by atoms with Gasteiger partial charge in [0.15, 0.2) is 0 Å². The molecule has 2 rings (SSSR count). The number of nitrogens with zero attached hydrogens (tertiary/aromatic N) is 2. The van der Waals surface area contributed by atoms with Gasteiger partial charge >= 0.3 is 0 Å². The number of hydrogen-bond donors (Lipinski definition) is 1. The Morgan fingerprint density at radius 2 is 1.88 bits per heavy atom. The highest BCUT2D eigenvalue weighted by Crippen LogP contribution is 2.18. The van der Waals surface area contributed by atoms with Crippen LogP contribution in [0.25, 0.3) is 0 Å². The van der Waals surface area contributed by atoms with E-state index in [9.17, 15) is 0 Å². The first-order valence-corrected chi connectivity index (χ1v) is 5.84. The van der Waals surface area contributed by atoms with Crippen LogP contribution in [-0.2, 0) is 0 Å². The molecule has 0 aliphatic heterocycles. The lowest BCUT2D eigenvalue weighted by Gasteiger charge is -2.14. The van der Waals surface area contributed by atoms with Gasteiger partial charge in [0.2, 0.25) is 5.28 Å². The number of anilines is 1. The predicted molar refractivity (Wildman–Crippen MR) is 70.3 cm³/mol. The first kappa shape index (κ1) is 11.9. The Morgan fingerprint density at radius 3 is 2.53 bits per heavy atom. The zero-order valence-corrected chi connectivity index (χ0v) is 10.6. The second-order valence-corrected chi connectivity index (χ2v) is 4.33. The highest BCUT2D eigenvalue weighted by molar-refractivity contribution is 6.28. The lowest BCUT2D eigenvalue weighted by Crippen LogP contribution is -2.08. The maximum absolute atomic E-state index is 5.73. The van der Waals surface area contributed by atoms with E-state index in [-0.39, 0.29) is 11.3 Å². The molecule has 4 heteroatoms. The van der Waals surface area contributed by atoms with E-state index >= 15 is 0 Å². The number of hydrogen-bond acceptors (Lipinski definition) is 3. The van der Waals surface area contributed by atoms with E-state index in [2.05, 4.69) is 53.4 Å². The first-order chi connectivity index (χ1) is 8.15. The molecule has 17 heavy (non-hydrogen) atoms. The lowest BCUT2D eigenvalue weighted by atomic mass is 10.1. The molecule has 0 saturated heterocycles. The zero-order chi connectivity index (χ0) is 12.3. The summed E-state index contributed by atoms with van der Waals surface area (Å²) < 4.78 is 0. The van der Waals surface area contributed by atoms with Crippen molar-refractivity contribution in [2.45, 2.75) is 19.9 Å². The molecule has 0 fully saturated rings. The molecule has 0 aliphatic carbocycles. The minimum atomic E-state index is 0.182. The average molecular weight is 248 g/mol. The van der Waals surface area contributed by atoms with E-state index < -0.39 is 0 Å². The van der Waals surface area contributed by atoms with Gasteiger partial charge in [0.25, 0.3) is 0 Å². The molecule has 0 radical (unpaired) electrons. The molecule has 0 saturated carbocycles. The standard InChI is InChI=1S/C13H14ClN3/c1-9-3-5-11(6-4-9)10(2)16-12-7-8-15-13(14)17-12/h3-8,10H,1-2H3,(H,15,16,17). The Hall–Kier alpha value is -1.61. The smallest absolute Gasteiger partial charge is 0.224 e. The van der Waals surface area contributed by atoms with Crippen LogP contribution in [0.15, 0.2) is 36.5 Å². The van der Waals surface area contributed by atoms with Gasteiger partial charge in [-0.15, -0.1) is 0 Å². The van der Waals surface area contributed by atoms with E-state index in [0.717, 1.165) is 5.82 Å². The molecule has 1 aromatic carbocycles. The molecule has 0 amide bonds. The topological polar surface area (TPSA) is 37.8 Å². The zero-order valence-electron chi connectivity index (χ0n) is 9.81. The van der Waals surface area contributed by atoms with Crippen molar-refractivity contribution in [2.24, 2.45) is 0 Å². The number of aromatic nitrogens is 2. The van der Waals surface area contributed by atoms with Crippen LogP contribution in [0.5, 0.6) is 0 Å². The summed E-state index contributed by atoms with van der Waals surface area (Å²) in [6.45, 7) is 4.16.